The molecular formula is C19H17ClN2O3S. The molecule has 1 aliphatic heterocycles. The number of carbonyl (C=O) groups is 2. The zero-order chi connectivity index (χ0) is 18.9. The highest BCUT2D eigenvalue weighted by Gasteiger charge is 2.30. The molecule has 1 amide bonds. The van der Waals surface area contributed by atoms with Gasteiger partial charge in [0, 0.05) is 17.0 Å². The van der Waals surface area contributed by atoms with E-state index < -0.39 is 11.7 Å². The van der Waals surface area contributed by atoms with Crippen molar-refractivity contribution >= 4 is 34.8 Å². The number of carbonyl (C=O) groups excluding carboxylic acids is 2. The molecule has 0 radical (unpaired) electrons. The topological polar surface area (TPSA) is 70.4 Å². The second kappa shape index (κ2) is 7.10. The summed E-state index contributed by atoms with van der Waals surface area (Å²) in [4.78, 5) is 28.1. The standard InChI is InChI=1S/C19H17ClN2O3S/c1-19(2,11-21)25-18(24)22-8-7-12-9-15(26-16(12)10-22)17(23)13-5-3-4-6-14(13)20/h3-6,9H,7-8,10H2,1-2H3. The van der Waals surface area contributed by atoms with Crippen LogP contribution in [0.15, 0.2) is 30.3 Å². The van der Waals surface area contributed by atoms with Crippen LogP contribution >= 0.6 is 22.9 Å². The van der Waals surface area contributed by atoms with Crippen LogP contribution in [-0.4, -0.2) is 28.9 Å². The average Bonchev–Trinajstić information content (AvgIpc) is 3.04. The Hall–Kier alpha value is -2.36. The quantitative estimate of drug-likeness (QED) is 0.729. The predicted molar refractivity (Wildman–Crippen MR) is 99.5 cm³/mol. The maximum atomic E-state index is 12.7. The summed E-state index contributed by atoms with van der Waals surface area (Å²) in [5.74, 6) is -0.116. The summed E-state index contributed by atoms with van der Waals surface area (Å²) in [6, 6.07) is 10.8. The molecule has 0 unspecified atom stereocenters. The zero-order valence-corrected chi connectivity index (χ0v) is 16.0. The number of halogens is 1. The van der Waals surface area contributed by atoms with Gasteiger partial charge in [-0.2, -0.15) is 5.26 Å². The molecule has 1 aromatic heterocycles. The normalized spacial score (nSPS) is 13.7. The number of hydrogen-bond acceptors (Lipinski definition) is 5. The van der Waals surface area contributed by atoms with Crippen LogP contribution in [0, 0.1) is 11.3 Å². The Labute approximate surface area is 160 Å². The van der Waals surface area contributed by atoms with Crippen molar-refractivity contribution in [2.24, 2.45) is 0 Å². The maximum absolute atomic E-state index is 12.7. The van der Waals surface area contributed by atoms with E-state index in [0.717, 1.165) is 10.4 Å². The molecule has 0 N–H and O–H groups in total. The van der Waals surface area contributed by atoms with Gasteiger partial charge in [0.2, 0.25) is 5.78 Å². The highest BCUT2D eigenvalue weighted by atomic mass is 35.5. The fourth-order valence-electron chi connectivity index (χ4n) is 2.67. The Morgan fingerprint density at radius 3 is 2.77 bits per heavy atom. The van der Waals surface area contributed by atoms with Crippen molar-refractivity contribution in [3.8, 4) is 6.07 Å². The first-order valence-corrected chi connectivity index (χ1v) is 9.30. The van der Waals surface area contributed by atoms with Gasteiger partial charge in [0.25, 0.3) is 0 Å². The highest BCUT2D eigenvalue weighted by Crippen LogP contribution is 2.31. The summed E-state index contributed by atoms with van der Waals surface area (Å²) in [6.07, 6.45) is 0.124. The Kier molecular flexibility index (Phi) is 5.03. The summed E-state index contributed by atoms with van der Waals surface area (Å²) >= 11 is 7.49. The first kappa shape index (κ1) is 18.4. The molecule has 2 heterocycles. The van der Waals surface area contributed by atoms with Gasteiger partial charge in [0.1, 0.15) is 6.07 Å². The molecule has 2 aromatic rings. The van der Waals surface area contributed by atoms with E-state index in [4.69, 9.17) is 21.6 Å². The molecule has 7 heteroatoms. The second-order valence-corrected chi connectivity index (χ2v) is 8.07. The Bertz CT molecular complexity index is 914. The summed E-state index contributed by atoms with van der Waals surface area (Å²) in [5.41, 5.74) is 0.367. The SMILES string of the molecule is CC(C)(C#N)OC(=O)N1CCc2cc(C(=O)c3ccccc3Cl)sc2C1. The van der Waals surface area contributed by atoms with Crippen molar-refractivity contribution < 1.29 is 14.3 Å². The van der Waals surface area contributed by atoms with Crippen LogP contribution in [0.3, 0.4) is 0 Å². The average molecular weight is 389 g/mol. The number of hydrogen-bond donors (Lipinski definition) is 0. The van der Waals surface area contributed by atoms with Gasteiger partial charge in [-0.05, 0) is 44.0 Å². The number of fused-ring (bicyclic) bond motifs is 1. The number of amides is 1. The van der Waals surface area contributed by atoms with E-state index in [0.29, 0.717) is 35.0 Å². The van der Waals surface area contributed by atoms with Crippen molar-refractivity contribution in [2.75, 3.05) is 6.54 Å². The largest absolute Gasteiger partial charge is 0.428 e. The molecule has 0 saturated heterocycles. The third kappa shape index (κ3) is 3.74. The van der Waals surface area contributed by atoms with E-state index in [1.807, 2.05) is 12.1 Å². The van der Waals surface area contributed by atoms with Crippen molar-refractivity contribution in [1.29, 1.82) is 5.26 Å². The maximum Gasteiger partial charge on any atom is 0.411 e. The molecule has 0 spiro atoms. The van der Waals surface area contributed by atoms with Crippen LogP contribution in [0.2, 0.25) is 5.02 Å². The van der Waals surface area contributed by atoms with Crippen LogP contribution in [-0.2, 0) is 17.7 Å². The van der Waals surface area contributed by atoms with Crippen molar-refractivity contribution in [1.82, 2.24) is 4.90 Å². The summed E-state index contributed by atoms with van der Waals surface area (Å²) < 4.78 is 5.23. The van der Waals surface area contributed by atoms with Gasteiger partial charge >= 0.3 is 6.09 Å². The van der Waals surface area contributed by atoms with E-state index in [-0.39, 0.29) is 5.78 Å². The summed E-state index contributed by atoms with van der Waals surface area (Å²) in [6.45, 7) is 3.96. The van der Waals surface area contributed by atoms with Gasteiger partial charge in [0.05, 0.1) is 16.4 Å². The minimum Gasteiger partial charge on any atom is -0.428 e. The number of rotatable bonds is 3. The first-order valence-electron chi connectivity index (χ1n) is 8.11. The van der Waals surface area contributed by atoms with Gasteiger partial charge < -0.3 is 9.64 Å². The molecule has 0 bridgehead atoms. The molecule has 3 rings (SSSR count). The van der Waals surface area contributed by atoms with Gasteiger partial charge in [-0.3, -0.25) is 4.79 Å². The lowest BCUT2D eigenvalue weighted by Crippen LogP contribution is -2.39. The van der Waals surface area contributed by atoms with E-state index in [9.17, 15) is 9.59 Å². The molecule has 0 aliphatic carbocycles. The molecule has 26 heavy (non-hydrogen) atoms. The fraction of sp³-hybridized carbons (Fsp3) is 0.316. The van der Waals surface area contributed by atoms with Crippen molar-refractivity contribution in [3.63, 3.8) is 0 Å². The van der Waals surface area contributed by atoms with Gasteiger partial charge in [-0.1, -0.05) is 23.7 Å². The lowest BCUT2D eigenvalue weighted by molar-refractivity contribution is 0.0423. The second-order valence-electron chi connectivity index (χ2n) is 6.53. The number of nitrogens with zero attached hydrogens (tertiary/aromatic N) is 2. The van der Waals surface area contributed by atoms with E-state index >= 15 is 0 Å². The number of thiophene rings is 1. The smallest absolute Gasteiger partial charge is 0.411 e. The number of ketones is 1. The summed E-state index contributed by atoms with van der Waals surface area (Å²) in [5, 5.41) is 9.43. The van der Waals surface area contributed by atoms with Gasteiger partial charge in [0.15, 0.2) is 5.60 Å². The molecular weight excluding hydrogens is 372 g/mol. The van der Waals surface area contributed by atoms with Crippen molar-refractivity contribution in [3.05, 3.63) is 56.2 Å². The molecule has 5 nitrogen and oxygen atoms in total. The number of nitriles is 1. The molecule has 0 atom stereocenters. The van der Waals surface area contributed by atoms with Gasteiger partial charge in [-0.15, -0.1) is 11.3 Å². The van der Waals surface area contributed by atoms with Crippen LogP contribution in [0.25, 0.3) is 0 Å². The lowest BCUT2D eigenvalue weighted by atomic mass is 10.1. The molecule has 0 fully saturated rings. The minimum atomic E-state index is -1.17. The monoisotopic (exact) mass is 388 g/mol. The minimum absolute atomic E-state index is 0.116. The Morgan fingerprint density at radius 2 is 2.08 bits per heavy atom. The van der Waals surface area contributed by atoms with Crippen molar-refractivity contribution in [2.45, 2.75) is 32.4 Å². The zero-order valence-electron chi connectivity index (χ0n) is 14.4. The first-order chi connectivity index (χ1) is 12.3. The number of ether oxygens (including phenoxy) is 1. The number of benzene rings is 1. The van der Waals surface area contributed by atoms with E-state index in [2.05, 4.69) is 0 Å². The predicted octanol–water partition coefficient (Wildman–Crippen LogP) is 4.43. The third-order valence-electron chi connectivity index (χ3n) is 4.09. The van der Waals surface area contributed by atoms with Crippen LogP contribution < -0.4 is 0 Å². The molecule has 0 saturated carbocycles. The Balaban J connectivity index is 1.77. The van der Waals surface area contributed by atoms with Gasteiger partial charge in [-0.25, -0.2) is 4.79 Å². The summed E-state index contributed by atoms with van der Waals surface area (Å²) in [7, 11) is 0. The molecule has 1 aliphatic rings. The molecule has 134 valence electrons. The Morgan fingerprint density at radius 1 is 1.35 bits per heavy atom. The van der Waals surface area contributed by atoms with E-state index in [1.54, 1.807) is 43.0 Å². The molecule has 1 aromatic carbocycles. The highest BCUT2D eigenvalue weighted by molar-refractivity contribution is 7.14. The van der Waals surface area contributed by atoms with Crippen LogP contribution in [0.1, 0.15) is 39.5 Å². The fourth-order valence-corrected chi connectivity index (χ4v) is 4.07. The van der Waals surface area contributed by atoms with Crippen LogP contribution in [0.4, 0.5) is 4.79 Å². The van der Waals surface area contributed by atoms with Crippen LogP contribution in [0.5, 0.6) is 0 Å². The third-order valence-corrected chi connectivity index (χ3v) is 5.58. The lowest BCUT2D eigenvalue weighted by Gasteiger charge is -2.28. The van der Waals surface area contributed by atoms with E-state index in [1.165, 1.54) is 11.3 Å².